The maximum Gasteiger partial charge on any atom is 0.350 e. The number of carbonyl (C=O) groups excluding carboxylic acids is 2. The van der Waals surface area contributed by atoms with Crippen molar-refractivity contribution in [2.24, 2.45) is 5.41 Å². The predicted octanol–water partition coefficient (Wildman–Crippen LogP) is 0.906. The molecule has 0 aromatic rings. The zero-order chi connectivity index (χ0) is 12.3. The molecule has 16 heavy (non-hydrogen) atoms. The summed E-state index contributed by atoms with van der Waals surface area (Å²) in [5, 5.41) is 0. The van der Waals surface area contributed by atoms with Crippen LogP contribution >= 0.6 is 0 Å². The lowest BCUT2D eigenvalue weighted by Crippen LogP contribution is -2.40. The highest BCUT2D eigenvalue weighted by molar-refractivity contribution is 5.82. The molecule has 92 valence electrons. The summed E-state index contributed by atoms with van der Waals surface area (Å²) >= 11 is 0. The van der Waals surface area contributed by atoms with Crippen molar-refractivity contribution < 1.29 is 23.8 Å². The Bertz CT molecular complexity index is 279. The minimum absolute atomic E-state index is 0.201. The molecule has 0 amide bonds. The van der Waals surface area contributed by atoms with Gasteiger partial charge in [0.15, 0.2) is 0 Å². The fraction of sp³-hybridized carbons (Fsp3) is 0.818. The Hall–Kier alpha value is -1.10. The summed E-state index contributed by atoms with van der Waals surface area (Å²) in [6.45, 7) is 7.39. The van der Waals surface area contributed by atoms with Crippen molar-refractivity contribution in [3.8, 4) is 0 Å². The van der Waals surface area contributed by atoms with Gasteiger partial charge in [0.1, 0.15) is 12.7 Å². The number of hydrogen-bond donors (Lipinski definition) is 0. The maximum absolute atomic E-state index is 11.7. The zero-order valence-corrected chi connectivity index (χ0v) is 10.1. The van der Waals surface area contributed by atoms with Gasteiger partial charge >= 0.3 is 11.9 Å². The van der Waals surface area contributed by atoms with Crippen LogP contribution in [-0.4, -0.2) is 37.4 Å². The zero-order valence-electron chi connectivity index (χ0n) is 10.1. The van der Waals surface area contributed by atoms with E-state index in [-0.39, 0.29) is 6.61 Å². The van der Waals surface area contributed by atoms with Gasteiger partial charge in [-0.05, 0) is 27.7 Å². The third-order valence-electron chi connectivity index (χ3n) is 2.21. The Labute approximate surface area is 95.0 Å². The Morgan fingerprint density at radius 1 is 1.38 bits per heavy atom. The molecule has 0 saturated carbocycles. The van der Waals surface area contributed by atoms with E-state index in [1.165, 1.54) is 0 Å². The second-order valence-electron chi connectivity index (χ2n) is 4.82. The predicted molar refractivity (Wildman–Crippen MR) is 55.7 cm³/mol. The average Bonchev–Trinajstić information content (AvgIpc) is 2.31. The maximum atomic E-state index is 11.7. The topological polar surface area (TPSA) is 61.8 Å². The summed E-state index contributed by atoms with van der Waals surface area (Å²) in [7, 11) is 0. The fourth-order valence-electron chi connectivity index (χ4n) is 1.17. The second kappa shape index (κ2) is 4.82. The quantitative estimate of drug-likeness (QED) is 0.626. The lowest BCUT2D eigenvalue weighted by atomic mass is 9.97. The first-order chi connectivity index (χ1) is 7.32. The molecule has 1 rings (SSSR count). The molecule has 2 atom stereocenters. The Morgan fingerprint density at radius 3 is 2.56 bits per heavy atom. The molecule has 0 radical (unpaired) electrons. The van der Waals surface area contributed by atoms with E-state index in [1.807, 2.05) is 0 Å². The molecule has 0 spiro atoms. The van der Waals surface area contributed by atoms with Crippen LogP contribution in [0.5, 0.6) is 0 Å². The van der Waals surface area contributed by atoms with Crippen LogP contribution in [0.3, 0.4) is 0 Å². The summed E-state index contributed by atoms with van der Waals surface area (Å²) in [6, 6.07) is 0. The summed E-state index contributed by atoms with van der Waals surface area (Å²) in [4.78, 5) is 23.2. The van der Waals surface area contributed by atoms with Crippen molar-refractivity contribution in [1.29, 1.82) is 0 Å². The van der Waals surface area contributed by atoms with Gasteiger partial charge in [0, 0.05) is 0 Å². The van der Waals surface area contributed by atoms with Crippen molar-refractivity contribution >= 4 is 11.9 Å². The van der Waals surface area contributed by atoms with Gasteiger partial charge in [-0.1, -0.05) is 0 Å². The highest BCUT2D eigenvalue weighted by atomic mass is 16.6. The van der Waals surface area contributed by atoms with Crippen molar-refractivity contribution in [2.75, 3.05) is 13.2 Å². The molecule has 5 nitrogen and oxygen atoms in total. The molecule has 1 aliphatic heterocycles. The van der Waals surface area contributed by atoms with Crippen molar-refractivity contribution in [2.45, 2.75) is 39.9 Å². The standard InChI is InChI=1S/C11H18O5/c1-7-8(9(12)15-6-5-14-7)16-10(13)11(2,3)4/h7-8H,5-6H2,1-4H3. The molecular formula is C11H18O5. The van der Waals surface area contributed by atoms with Gasteiger partial charge in [0.05, 0.1) is 12.0 Å². The smallest absolute Gasteiger partial charge is 0.350 e. The average molecular weight is 230 g/mol. The van der Waals surface area contributed by atoms with E-state index in [2.05, 4.69) is 0 Å². The van der Waals surface area contributed by atoms with Crippen molar-refractivity contribution in [3.05, 3.63) is 0 Å². The number of esters is 2. The van der Waals surface area contributed by atoms with Gasteiger partial charge in [-0.2, -0.15) is 0 Å². The van der Waals surface area contributed by atoms with Crippen LogP contribution in [0.25, 0.3) is 0 Å². The Balaban J connectivity index is 2.69. The van der Waals surface area contributed by atoms with E-state index in [0.717, 1.165) is 0 Å². The normalized spacial score (nSPS) is 26.9. The van der Waals surface area contributed by atoms with Gasteiger partial charge in [-0.3, -0.25) is 4.79 Å². The van der Waals surface area contributed by atoms with Crippen LogP contribution in [-0.2, 0) is 23.8 Å². The highest BCUT2D eigenvalue weighted by Gasteiger charge is 2.36. The van der Waals surface area contributed by atoms with Gasteiger partial charge < -0.3 is 14.2 Å². The molecule has 1 fully saturated rings. The first-order valence-corrected chi connectivity index (χ1v) is 5.31. The summed E-state index contributed by atoms with van der Waals surface area (Å²) < 4.78 is 15.3. The minimum atomic E-state index is -0.964. The second-order valence-corrected chi connectivity index (χ2v) is 4.82. The molecule has 1 heterocycles. The lowest BCUT2D eigenvalue weighted by molar-refractivity contribution is -0.176. The van der Waals surface area contributed by atoms with E-state index in [4.69, 9.17) is 14.2 Å². The molecule has 1 saturated heterocycles. The molecule has 0 aromatic carbocycles. The Kier molecular flexibility index (Phi) is 3.91. The third-order valence-corrected chi connectivity index (χ3v) is 2.21. The van der Waals surface area contributed by atoms with E-state index in [9.17, 15) is 9.59 Å². The van der Waals surface area contributed by atoms with Crippen LogP contribution in [0.1, 0.15) is 27.7 Å². The SMILES string of the molecule is CC1OCCOC(=O)C1OC(=O)C(C)(C)C. The van der Waals surface area contributed by atoms with Crippen LogP contribution < -0.4 is 0 Å². The van der Waals surface area contributed by atoms with E-state index >= 15 is 0 Å². The van der Waals surface area contributed by atoms with Crippen LogP contribution in [0.15, 0.2) is 0 Å². The van der Waals surface area contributed by atoms with Crippen LogP contribution in [0.2, 0.25) is 0 Å². The molecular weight excluding hydrogens is 212 g/mol. The van der Waals surface area contributed by atoms with E-state index in [1.54, 1.807) is 27.7 Å². The number of rotatable bonds is 1. The molecule has 2 unspecified atom stereocenters. The molecule has 0 aromatic heterocycles. The fourth-order valence-corrected chi connectivity index (χ4v) is 1.17. The third kappa shape index (κ3) is 3.20. The van der Waals surface area contributed by atoms with Crippen LogP contribution in [0.4, 0.5) is 0 Å². The minimum Gasteiger partial charge on any atom is -0.460 e. The van der Waals surface area contributed by atoms with Gasteiger partial charge in [0.2, 0.25) is 6.10 Å². The largest absolute Gasteiger partial charge is 0.460 e. The first kappa shape index (κ1) is 13.0. The van der Waals surface area contributed by atoms with Gasteiger partial charge in [-0.15, -0.1) is 0 Å². The summed E-state index contributed by atoms with van der Waals surface area (Å²) in [6.07, 6.45) is -1.43. The molecule has 0 N–H and O–H groups in total. The number of hydrogen-bond acceptors (Lipinski definition) is 5. The number of cyclic esters (lactones) is 1. The summed E-state index contributed by atoms with van der Waals surface area (Å²) in [5.41, 5.74) is -0.647. The van der Waals surface area contributed by atoms with Crippen molar-refractivity contribution in [1.82, 2.24) is 0 Å². The number of carbonyl (C=O) groups is 2. The lowest BCUT2D eigenvalue weighted by Gasteiger charge is -2.23. The van der Waals surface area contributed by atoms with Crippen molar-refractivity contribution in [3.63, 3.8) is 0 Å². The van der Waals surface area contributed by atoms with E-state index < -0.39 is 29.6 Å². The molecule has 0 bridgehead atoms. The van der Waals surface area contributed by atoms with Crippen LogP contribution in [0, 0.1) is 5.41 Å². The highest BCUT2D eigenvalue weighted by Crippen LogP contribution is 2.19. The van der Waals surface area contributed by atoms with Gasteiger partial charge in [0.25, 0.3) is 0 Å². The van der Waals surface area contributed by atoms with E-state index in [0.29, 0.717) is 6.61 Å². The van der Waals surface area contributed by atoms with Gasteiger partial charge in [-0.25, -0.2) is 4.79 Å². The molecule has 0 aliphatic carbocycles. The molecule has 1 aliphatic rings. The Morgan fingerprint density at radius 2 is 2.00 bits per heavy atom. The molecule has 5 heteroatoms. The first-order valence-electron chi connectivity index (χ1n) is 5.31. The number of ether oxygens (including phenoxy) is 3. The summed E-state index contributed by atoms with van der Waals surface area (Å²) in [5.74, 6) is -0.977. The monoisotopic (exact) mass is 230 g/mol.